The largest absolute Gasteiger partial charge is 0.491 e. The van der Waals surface area contributed by atoms with Gasteiger partial charge in [0.1, 0.15) is 12.4 Å². The highest BCUT2D eigenvalue weighted by atomic mass is 31.2. The van der Waals surface area contributed by atoms with Crippen LogP contribution in [0.5, 0.6) is 5.75 Å². The number of hydrogen-bond donors (Lipinski definition) is 2. The second-order valence-corrected chi connectivity index (χ2v) is 9.94. The fourth-order valence-corrected chi connectivity index (χ4v) is 4.30. The van der Waals surface area contributed by atoms with Crippen molar-refractivity contribution in [2.75, 3.05) is 33.0 Å². The van der Waals surface area contributed by atoms with Gasteiger partial charge in [-0.2, -0.15) is 0 Å². The summed E-state index contributed by atoms with van der Waals surface area (Å²) in [7, 11) is -4.53. The molecule has 2 N–H and O–H groups in total. The maximum Gasteiger partial charge on any atom is 0.469 e. The van der Waals surface area contributed by atoms with Gasteiger partial charge in [0.05, 0.1) is 32.5 Å². The third-order valence-corrected chi connectivity index (χ3v) is 6.15. The van der Waals surface area contributed by atoms with E-state index in [0.29, 0.717) is 32.8 Å². The van der Waals surface area contributed by atoms with E-state index in [2.05, 4.69) is 6.92 Å². The molecule has 8 heteroatoms. The van der Waals surface area contributed by atoms with Crippen LogP contribution in [0.3, 0.4) is 0 Å². The summed E-state index contributed by atoms with van der Waals surface area (Å²) in [6.45, 7) is 4.01. The van der Waals surface area contributed by atoms with Gasteiger partial charge in [-0.3, -0.25) is 4.52 Å². The number of benzene rings is 1. The monoisotopic (exact) mass is 502 g/mol. The van der Waals surface area contributed by atoms with Crippen molar-refractivity contribution in [3.05, 3.63) is 30.3 Å². The van der Waals surface area contributed by atoms with E-state index < -0.39 is 13.9 Å². The molecule has 0 amide bonds. The topological polar surface area (TPSA) is 94.5 Å². The summed E-state index contributed by atoms with van der Waals surface area (Å²) in [6, 6.07) is 9.54. The lowest BCUT2D eigenvalue weighted by molar-refractivity contribution is -0.00356. The molecule has 0 fully saturated rings. The van der Waals surface area contributed by atoms with Gasteiger partial charge in [0, 0.05) is 0 Å². The fourth-order valence-electron chi connectivity index (χ4n) is 3.74. The molecule has 0 aliphatic rings. The van der Waals surface area contributed by atoms with Crippen LogP contribution in [0.4, 0.5) is 0 Å². The lowest BCUT2D eigenvalue weighted by Gasteiger charge is -2.18. The van der Waals surface area contributed by atoms with E-state index in [1.807, 2.05) is 30.3 Å². The Kier molecular flexibility index (Phi) is 19.5. The van der Waals surface area contributed by atoms with Crippen molar-refractivity contribution in [1.29, 1.82) is 0 Å². The quantitative estimate of drug-likeness (QED) is 0.120. The Labute approximate surface area is 206 Å². The SMILES string of the molecule is CCCCCCCCCCCCCCC(COCCOCCOc1ccccc1)OP(=O)(O)O. The molecule has 1 unspecified atom stereocenters. The Hall–Kier alpha value is -0.950. The molecule has 1 aromatic carbocycles. The highest BCUT2D eigenvalue weighted by Crippen LogP contribution is 2.38. The van der Waals surface area contributed by atoms with Crippen LogP contribution in [0.1, 0.15) is 90.4 Å². The Morgan fingerprint density at radius 3 is 1.85 bits per heavy atom. The Morgan fingerprint density at radius 1 is 0.735 bits per heavy atom. The van der Waals surface area contributed by atoms with Gasteiger partial charge in [-0.25, -0.2) is 4.57 Å². The van der Waals surface area contributed by atoms with Crippen LogP contribution in [0, 0.1) is 0 Å². The third kappa shape index (κ3) is 20.4. The van der Waals surface area contributed by atoms with E-state index in [1.165, 1.54) is 57.8 Å². The molecule has 0 aliphatic carbocycles. The number of rotatable bonds is 24. The van der Waals surface area contributed by atoms with E-state index in [4.69, 9.17) is 28.5 Å². The Balaban J connectivity index is 2.01. The third-order valence-electron chi connectivity index (χ3n) is 5.58. The van der Waals surface area contributed by atoms with Crippen molar-refractivity contribution in [3.8, 4) is 5.75 Å². The van der Waals surface area contributed by atoms with Crippen molar-refractivity contribution in [3.63, 3.8) is 0 Å². The first-order valence-electron chi connectivity index (χ1n) is 13.1. The summed E-state index contributed by atoms with van der Waals surface area (Å²) in [4.78, 5) is 18.3. The van der Waals surface area contributed by atoms with Gasteiger partial charge in [0.15, 0.2) is 0 Å². The zero-order valence-corrected chi connectivity index (χ0v) is 22.0. The minimum absolute atomic E-state index is 0.146. The van der Waals surface area contributed by atoms with E-state index in [-0.39, 0.29) is 6.61 Å². The van der Waals surface area contributed by atoms with Crippen LogP contribution < -0.4 is 4.74 Å². The highest BCUT2D eigenvalue weighted by molar-refractivity contribution is 7.46. The van der Waals surface area contributed by atoms with E-state index in [9.17, 15) is 4.57 Å². The zero-order valence-electron chi connectivity index (χ0n) is 21.1. The van der Waals surface area contributed by atoms with Gasteiger partial charge >= 0.3 is 7.82 Å². The van der Waals surface area contributed by atoms with Crippen molar-refractivity contribution in [2.45, 2.75) is 96.5 Å². The van der Waals surface area contributed by atoms with Crippen molar-refractivity contribution in [1.82, 2.24) is 0 Å². The number of para-hydroxylation sites is 1. The van der Waals surface area contributed by atoms with Crippen LogP contribution in [0.2, 0.25) is 0 Å². The number of unbranched alkanes of at least 4 members (excludes halogenated alkanes) is 11. The molecule has 0 bridgehead atoms. The summed E-state index contributed by atoms with van der Waals surface area (Å²) in [5, 5.41) is 0. The number of phosphoric ester groups is 1. The first-order valence-corrected chi connectivity index (χ1v) is 14.6. The molecule has 1 aromatic rings. The summed E-state index contributed by atoms with van der Waals surface area (Å²) < 4.78 is 32.7. The molecule has 1 rings (SSSR count). The maximum absolute atomic E-state index is 11.3. The minimum atomic E-state index is -4.53. The number of phosphoric acid groups is 1. The summed E-state index contributed by atoms with van der Waals surface area (Å²) >= 11 is 0. The van der Waals surface area contributed by atoms with Crippen molar-refractivity contribution in [2.24, 2.45) is 0 Å². The number of ether oxygens (including phenoxy) is 3. The summed E-state index contributed by atoms with van der Waals surface area (Å²) in [6.07, 6.45) is 14.9. The second kappa shape index (κ2) is 21.3. The molecule has 198 valence electrons. The molecule has 0 spiro atoms. The fraction of sp³-hybridized carbons (Fsp3) is 0.769. The predicted octanol–water partition coefficient (Wildman–Crippen LogP) is 6.67. The molecule has 0 aromatic heterocycles. The minimum Gasteiger partial charge on any atom is -0.491 e. The van der Waals surface area contributed by atoms with E-state index in [1.54, 1.807) is 0 Å². The summed E-state index contributed by atoms with van der Waals surface area (Å²) in [5.74, 6) is 0.803. The van der Waals surface area contributed by atoms with Crippen LogP contribution in [-0.2, 0) is 18.6 Å². The zero-order chi connectivity index (χ0) is 24.7. The molecular formula is C26H47O7P. The number of hydrogen-bond acceptors (Lipinski definition) is 5. The molecule has 0 aliphatic heterocycles. The van der Waals surface area contributed by atoms with Crippen molar-refractivity contribution >= 4 is 7.82 Å². The summed E-state index contributed by atoms with van der Waals surface area (Å²) in [5.41, 5.74) is 0. The van der Waals surface area contributed by atoms with Crippen LogP contribution in [0.25, 0.3) is 0 Å². The van der Waals surface area contributed by atoms with Gasteiger partial charge in [-0.15, -0.1) is 0 Å². The smallest absolute Gasteiger partial charge is 0.469 e. The molecule has 7 nitrogen and oxygen atoms in total. The molecule has 0 heterocycles. The van der Waals surface area contributed by atoms with Gasteiger partial charge in [0.2, 0.25) is 0 Å². The first-order chi connectivity index (χ1) is 16.5. The molecule has 0 radical (unpaired) electrons. The lowest BCUT2D eigenvalue weighted by atomic mass is 10.0. The molecular weight excluding hydrogens is 455 g/mol. The van der Waals surface area contributed by atoms with Gasteiger partial charge in [-0.05, 0) is 18.6 Å². The molecule has 34 heavy (non-hydrogen) atoms. The lowest BCUT2D eigenvalue weighted by Crippen LogP contribution is -2.21. The first kappa shape index (κ1) is 31.1. The molecule has 0 saturated heterocycles. The average Bonchev–Trinajstić information content (AvgIpc) is 2.81. The van der Waals surface area contributed by atoms with E-state index >= 15 is 0 Å². The van der Waals surface area contributed by atoms with Gasteiger partial charge in [0.25, 0.3) is 0 Å². The van der Waals surface area contributed by atoms with Crippen LogP contribution in [0.15, 0.2) is 30.3 Å². The maximum atomic E-state index is 11.3. The van der Waals surface area contributed by atoms with Crippen molar-refractivity contribution < 1.29 is 33.1 Å². The standard InChI is InChI=1S/C26H47O7P/c1-2-3-4-5-6-7-8-9-10-11-12-14-19-26(33-34(27,28)29)24-31-21-20-30-22-23-32-25-17-15-13-16-18-25/h13,15-18,26H,2-12,14,19-24H2,1H3,(H2,27,28,29). The molecule has 0 saturated carbocycles. The average molecular weight is 503 g/mol. The highest BCUT2D eigenvalue weighted by Gasteiger charge is 2.22. The Bertz CT molecular complexity index is 608. The predicted molar refractivity (Wildman–Crippen MR) is 136 cm³/mol. The normalized spacial score (nSPS) is 12.7. The second-order valence-electron chi connectivity index (χ2n) is 8.74. The van der Waals surface area contributed by atoms with Gasteiger partial charge < -0.3 is 24.0 Å². The van der Waals surface area contributed by atoms with Crippen LogP contribution >= 0.6 is 7.82 Å². The van der Waals surface area contributed by atoms with Crippen LogP contribution in [-0.4, -0.2) is 48.9 Å². The Morgan fingerprint density at radius 2 is 1.26 bits per heavy atom. The van der Waals surface area contributed by atoms with Gasteiger partial charge in [-0.1, -0.05) is 102 Å². The van der Waals surface area contributed by atoms with E-state index in [0.717, 1.165) is 25.0 Å². The molecule has 1 atom stereocenters.